The zero-order chi connectivity index (χ0) is 23.0. The highest BCUT2D eigenvalue weighted by atomic mass is 32.2. The normalized spacial score (nSPS) is 11.3. The topological polar surface area (TPSA) is 88.1 Å². The van der Waals surface area contributed by atoms with Crippen LogP contribution in [0.1, 0.15) is 18.1 Å². The van der Waals surface area contributed by atoms with Crippen molar-refractivity contribution in [3.05, 3.63) is 90.0 Å². The van der Waals surface area contributed by atoms with Crippen LogP contribution in [0.5, 0.6) is 5.75 Å². The number of benzene rings is 3. The summed E-state index contributed by atoms with van der Waals surface area (Å²) < 4.78 is 32.9. The minimum absolute atomic E-state index is 0.103. The van der Waals surface area contributed by atoms with Crippen LogP contribution < -0.4 is 14.5 Å². The van der Waals surface area contributed by atoms with Crippen LogP contribution in [0.4, 0.5) is 5.69 Å². The highest BCUT2D eigenvalue weighted by Crippen LogP contribution is 2.23. The van der Waals surface area contributed by atoms with Crippen LogP contribution in [0.3, 0.4) is 0 Å². The molecular formula is C24H25N3O4S. The zero-order valence-corrected chi connectivity index (χ0v) is 18.7. The van der Waals surface area contributed by atoms with Crippen molar-refractivity contribution in [1.29, 1.82) is 0 Å². The molecular weight excluding hydrogens is 426 g/mol. The van der Waals surface area contributed by atoms with Gasteiger partial charge in [0.15, 0.2) is 0 Å². The van der Waals surface area contributed by atoms with E-state index in [0.717, 1.165) is 21.2 Å². The molecule has 3 aromatic rings. The highest BCUT2D eigenvalue weighted by Gasteiger charge is 2.26. The third kappa shape index (κ3) is 5.95. The summed E-state index contributed by atoms with van der Waals surface area (Å²) in [5.41, 5.74) is 4.54. The van der Waals surface area contributed by atoms with Crippen LogP contribution in [0.2, 0.25) is 0 Å². The summed E-state index contributed by atoms with van der Waals surface area (Å²) in [4.78, 5) is 12.7. The lowest BCUT2D eigenvalue weighted by molar-refractivity contribution is -0.119. The van der Waals surface area contributed by atoms with Crippen LogP contribution in [-0.2, 0) is 14.8 Å². The van der Waals surface area contributed by atoms with Crippen molar-refractivity contribution < 1.29 is 17.9 Å². The molecule has 0 spiro atoms. The Morgan fingerprint density at radius 1 is 1.00 bits per heavy atom. The summed E-state index contributed by atoms with van der Waals surface area (Å²) in [5.74, 6) is 0.181. The van der Waals surface area contributed by atoms with E-state index in [0.29, 0.717) is 12.3 Å². The molecule has 1 N–H and O–H groups in total. The molecule has 0 saturated carbocycles. The van der Waals surface area contributed by atoms with Crippen molar-refractivity contribution in [2.45, 2.75) is 18.7 Å². The van der Waals surface area contributed by atoms with Gasteiger partial charge < -0.3 is 4.74 Å². The predicted molar refractivity (Wildman–Crippen MR) is 126 cm³/mol. The van der Waals surface area contributed by atoms with Gasteiger partial charge in [-0.15, -0.1) is 0 Å². The molecule has 166 valence electrons. The highest BCUT2D eigenvalue weighted by molar-refractivity contribution is 7.92. The van der Waals surface area contributed by atoms with Gasteiger partial charge in [-0.3, -0.25) is 9.10 Å². The van der Waals surface area contributed by atoms with Crippen molar-refractivity contribution >= 4 is 27.8 Å². The van der Waals surface area contributed by atoms with Gasteiger partial charge in [-0.05, 0) is 67.9 Å². The molecule has 0 radical (unpaired) electrons. The fourth-order valence-electron chi connectivity index (χ4n) is 2.91. The molecule has 0 aliphatic carbocycles. The van der Waals surface area contributed by atoms with E-state index in [1.165, 1.54) is 18.3 Å². The van der Waals surface area contributed by atoms with Crippen molar-refractivity contribution in [3.8, 4) is 5.75 Å². The molecule has 3 aromatic carbocycles. The molecule has 0 atom stereocenters. The van der Waals surface area contributed by atoms with Crippen molar-refractivity contribution in [2.75, 3.05) is 17.5 Å². The molecule has 32 heavy (non-hydrogen) atoms. The van der Waals surface area contributed by atoms with Gasteiger partial charge in [-0.2, -0.15) is 5.10 Å². The number of sulfonamides is 1. The van der Waals surface area contributed by atoms with Gasteiger partial charge in [0, 0.05) is 0 Å². The fraction of sp³-hybridized carbons (Fsp3) is 0.167. The number of nitrogens with zero attached hydrogens (tertiary/aromatic N) is 2. The summed E-state index contributed by atoms with van der Waals surface area (Å²) in [6, 6.07) is 22.2. The maximum atomic E-state index is 13.2. The third-order valence-corrected chi connectivity index (χ3v) is 6.32. The van der Waals surface area contributed by atoms with Gasteiger partial charge in [0.1, 0.15) is 12.3 Å². The first-order valence-electron chi connectivity index (χ1n) is 10.1. The SMILES string of the molecule is CCOc1ccc(/C=N\NC(=O)CN(c2ccc(C)cc2)S(=O)(=O)c2ccccc2)cc1. The number of hydrogen-bond acceptors (Lipinski definition) is 5. The second kappa shape index (κ2) is 10.6. The quantitative estimate of drug-likeness (QED) is 0.397. The Bertz CT molecular complexity index is 1160. The molecule has 0 fully saturated rings. The third-order valence-electron chi connectivity index (χ3n) is 4.53. The number of aryl methyl sites for hydroxylation is 1. The molecule has 0 aliphatic rings. The predicted octanol–water partition coefficient (Wildman–Crippen LogP) is 3.74. The number of anilines is 1. The summed E-state index contributed by atoms with van der Waals surface area (Å²) in [6.07, 6.45) is 1.48. The maximum absolute atomic E-state index is 13.2. The molecule has 0 aliphatic heterocycles. The van der Waals surface area contributed by atoms with E-state index < -0.39 is 22.5 Å². The van der Waals surface area contributed by atoms with Gasteiger partial charge in [-0.25, -0.2) is 13.8 Å². The summed E-state index contributed by atoms with van der Waals surface area (Å²) >= 11 is 0. The van der Waals surface area contributed by atoms with Crippen molar-refractivity contribution in [3.63, 3.8) is 0 Å². The monoisotopic (exact) mass is 451 g/mol. The molecule has 0 heterocycles. The second-order valence-electron chi connectivity index (χ2n) is 6.96. The van der Waals surface area contributed by atoms with Crippen LogP contribution in [-0.4, -0.2) is 33.7 Å². The second-order valence-corrected chi connectivity index (χ2v) is 8.82. The molecule has 0 unspecified atom stereocenters. The van der Waals surface area contributed by atoms with E-state index in [9.17, 15) is 13.2 Å². The average Bonchev–Trinajstić information content (AvgIpc) is 2.80. The van der Waals surface area contributed by atoms with E-state index in [-0.39, 0.29) is 4.90 Å². The largest absolute Gasteiger partial charge is 0.494 e. The van der Waals surface area contributed by atoms with Crippen LogP contribution in [0.15, 0.2) is 88.9 Å². The molecule has 1 amide bonds. The Labute approximate surface area is 188 Å². The van der Waals surface area contributed by atoms with Gasteiger partial charge in [0.05, 0.1) is 23.4 Å². The first-order valence-corrected chi connectivity index (χ1v) is 11.5. The summed E-state index contributed by atoms with van der Waals surface area (Å²) in [6.45, 7) is 3.97. The Morgan fingerprint density at radius 3 is 2.28 bits per heavy atom. The van der Waals surface area contributed by atoms with Crippen molar-refractivity contribution in [2.24, 2.45) is 5.10 Å². The molecule has 8 heteroatoms. The van der Waals surface area contributed by atoms with Crippen LogP contribution in [0.25, 0.3) is 0 Å². The minimum atomic E-state index is -3.94. The minimum Gasteiger partial charge on any atom is -0.494 e. The fourth-order valence-corrected chi connectivity index (χ4v) is 4.35. The summed E-state index contributed by atoms with van der Waals surface area (Å²) in [5, 5.41) is 3.95. The number of carbonyl (C=O) groups is 1. The standard InChI is InChI=1S/C24H25N3O4S/c1-3-31-22-15-11-20(12-16-22)17-25-26-24(28)18-27(21-13-9-19(2)10-14-21)32(29,30)23-7-5-4-6-8-23/h4-17H,3,18H2,1-2H3,(H,26,28)/b25-17-. The average molecular weight is 452 g/mol. The van der Waals surface area contributed by atoms with Gasteiger partial charge in [0.2, 0.25) is 0 Å². The van der Waals surface area contributed by atoms with Crippen molar-refractivity contribution in [1.82, 2.24) is 5.43 Å². The zero-order valence-electron chi connectivity index (χ0n) is 17.9. The van der Waals surface area contributed by atoms with E-state index in [1.807, 2.05) is 13.8 Å². The number of hydrazone groups is 1. The van der Waals surface area contributed by atoms with Crippen LogP contribution in [0, 0.1) is 6.92 Å². The van der Waals surface area contributed by atoms with Gasteiger partial charge in [-0.1, -0.05) is 35.9 Å². The summed E-state index contributed by atoms with van der Waals surface area (Å²) in [7, 11) is -3.94. The molecule has 0 saturated heterocycles. The number of rotatable bonds is 9. The lowest BCUT2D eigenvalue weighted by Gasteiger charge is -2.23. The molecule has 7 nitrogen and oxygen atoms in total. The lowest BCUT2D eigenvalue weighted by atomic mass is 10.2. The van der Waals surface area contributed by atoms with E-state index >= 15 is 0 Å². The Kier molecular flexibility index (Phi) is 7.62. The maximum Gasteiger partial charge on any atom is 0.264 e. The Morgan fingerprint density at radius 2 is 1.66 bits per heavy atom. The van der Waals surface area contributed by atoms with E-state index in [4.69, 9.17) is 4.74 Å². The number of ether oxygens (including phenoxy) is 1. The number of hydrogen-bond donors (Lipinski definition) is 1. The number of carbonyl (C=O) groups excluding carboxylic acids is 1. The molecule has 0 aromatic heterocycles. The number of nitrogens with one attached hydrogen (secondary N) is 1. The Balaban J connectivity index is 1.75. The van der Waals surface area contributed by atoms with Gasteiger partial charge in [0.25, 0.3) is 15.9 Å². The number of amides is 1. The first-order chi connectivity index (χ1) is 15.4. The van der Waals surface area contributed by atoms with E-state index in [1.54, 1.807) is 66.7 Å². The lowest BCUT2D eigenvalue weighted by Crippen LogP contribution is -2.39. The molecule has 3 rings (SSSR count). The smallest absolute Gasteiger partial charge is 0.264 e. The van der Waals surface area contributed by atoms with Gasteiger partial charge >= 0.3 is 0 Å². The Hall–Kier alpha value is -3.65. The van der Waals surface area contributed by atoms with Crippen LogP contribution >= 0.6 is 0 Å². The van der Waals surface area contributed by atoms with E-state index in [2.05, 4.69) is 10.5 Å². The first kappa shape index (κ1) is 23.0. The molecule has 0 bridgehead atoms.